The van der Waals surface area contributed by atoms with E-state index in [0.717, 1.165) is 96.3 Å². The maximum Gasteiger partial charge on any atom is 0.472 e. The van der Waals surface area contributed by atoms with Gasteiger partial charge in [0, 0.05) is 13.0 Å². The highest BCUT2D eigenvalue weighted by Crippen LogP contribution is 2.47. The summed E-state index contributed by atoms with van der Waals surface area (Å²) in [6.07, 6.45) is 51.1. The fraction of sp³-hybridized carbons (Fsp3) is 0.776. The van der Waals surface area contributed by atoms with Gasteiger partial charge in [-0.3, -0.25) is 13.8 Å². The molecule has 0 aromatic carbocycles. The molecule has 13 heteroatoms. The average Bonchev–Trinajstić information content (AvgIpc) is 3.36. The molecule has 0 heterocycles. The van der Waals surface area contributed by atoms with Crippen LogP contribution in [0.2, 0.25) is 0 Å². The molecule has 0 radical (unpaired) electrons. The third-order valence-corrected chi connectivity index (χ3v) is 13.8. The van der Waals surface area contributed by atoms with Crippen molar-refractivity contribution in [3.63, 3.8) is 0 Å². The highest BCUT2D eigenvalue weighted by Gasteiger charge is 2.51. The largest absolute Gasteiger partial charge is 0.472 e. The van der Waals surface area contributed by atoms with Crippen molar-refractivity contribution in [2.75, 3.05) is 19.8 Å². The minimum absolute atomic E-state index is 0.0913. The number of hydrogen-bond acceptors (Lipinski definition) is 11. The van der Waals surface area contributed by atoms with E-state index in [0.29, 0.717) is 13.0 Å². The second-order valence-electron chi connectivity index (χ2n) is 19.4. The van der Waals surface area contributed by atoms with Gasteiger partial charge in [-0.05, 0) is 64.2 Å². The molecule has 6 unspecified atom stereocenters. The number of carbonyl (C=O) groups excluding carboxylic acids is 1. The van der Waals surface area contributed by atoms with Crippen molar-refractivity contribution in [1.82, 2.24) is 0 Å². The number of phosphoric acid groups is 1. The predicted octanol–water partition coefficient (Wildman–Crippen LogP) is 13.5. The van der Waals surface area contributed by atoms with Crippen molar-refractivity contribution in [3.05, 3.63) is 72.9 Å². The molecule has 0 amide bonds. The summed E-state index contributed by atoms with van der Waals surface area (Å²) >= 11 is 0. The molecule has 1 rings (SSSR count). The number of unbranched alkanes of at least 4 members (excludes halogenated alkanes) is 24. The summed E-state index contributed by atoms with van der Waals surface area (Å²) in [7, 11) is -5.03. The van der Waals surface area contributed by atoms with Gasteiger partial charge in [0.1, 0.15) is 42.7 Å². The van der Waals surface area contributed by atoms with Gasteiger partial charge in [0.2, 0.25) is 0 Å². The second-order valence-corrected chi connectivity index (χ2v) is 20.8. The maximum atomic E-state index is 12.9. The Bertz CT molecular complexity index is 1450. The summed E-state index contributed by atoms with van der Waals surface area (Å²) in [6.45, 7) is 4.13. The molecule has 0 saturated heterocycles. The number of ether oxygens (including phenoxy) is 2. The molecule has 12 nitrogen and oxygen atoms in total. The molecule has 1 aliphatic rings. The van der Waals surface area contributed by atoms with Gasteiger partial charge in [-0.25, -0.2) is 4.57 Å². The Kier molecular flexibility index (Phi) is 44.7. The van der Waals surface area contributed by atoms with Crippen molar-refractivity contribution in [2.24, 2.45) is 0 Å². The molecule has 412 valence electrons. The van der Waals surface area contributed by atoms with Crippen LogP contribution < -0.4 is 0 Å². The molecular formula is C58H103O12P. The van der Waals surface area contributed by atoms with E-state index in [9.17, 15) is 39.8 Å². The standard InChI is InChI=1S/C58H103O12P/c1-3-5-7-9-11-13-15-17-19-21-23-25-26-27-28-30-32-34-36-38-40-42-44-46-48-67-49-51(50-68-71(65,66)70-58-56(63)54(61)53(60)55(62)57(58)64)69-52(59)47-45-43-41-39-37-35-33-31-29-24-22-20-18-16-14-12-10-8-6-4-2/h5,7,11,13,17,19,23,25,27-28,32,34,51,53-58,60-64H,3-4,6,8-10,12,14-16,18,20-22,24,26,29-31,33,35-50H2,1-2H3,(H,65,66)/b7-5-,13-11-,19-17-,25-23-,28-27-,34-32-. The first-order chi connectivity index (χ1) is 34.5. The van der Waals surface area contributed by atoms with Crippen LogP contribution in [0.5, 0.6) is 0 Å². The lowest BCUT2D eigenvalue weighted by molar-refractivity contribution is -0.220. The SMILES string of the molecule is CC/C=C\C/C=C\C/C=C\C/C=C\C/C=C\C/C=C\CCCCCCCOCC(COP(=O)(O)OC1C(O)C(O)C(O)C(O)C1O)OC(=O)CCCCCCCCCCCCCCCCCCCCCC. The quantitative estimate of drug-likeness (QED) is 0.0146. The lowest BCUT2D eigenvalue weighted by atomic mass is 9.85. The summed E-state index contributed by atoms with van der Waals surface area (Å²) in [4.78, 5) is 23.3. The number of esters is 1. The van der Waals surface area contributed by atoms with Crippen LogP contribution in [0.15, 0.2) is 72.9 Å². The Morgan fingerprint density at radius 1 is 0.465 bits per heavy atom. The lowest BCUT2D eigenvalue weighted by Crippen LogP contribution is -2.64. The van der Waals surface area contributed by atoms with Crippen molar-refractivity contribution >= 4 is 13.8 Å². The highest BCUT2D eigenvalue weighted by molar-refractivity contribution is 7.47. The molecule has 6 atom stereocenters. The van der Waals surface area contributed by atoms with Gasteiger partial charge in [0.05, 0.1) is 13.2 Å². The molecule has 1 saturated carbocycles. The fourth-order valence-electron chi connectivity index (χ4n) is 8.42. The fourth-order valence-corrected chi connectivity index (χ4v) is 9.39. The van der Waals surface area contributed by atoms with Gasteiger partial charge in [0.15, 0.2) is 0 Å². The van der Waals surface area contributed by atoms with Gasteiger partial charge in [0.25, 0.3) is 0 Å². The molecule has 1 fully saturated rings. The summed E-state index contributed by atoms with van der Waals surface area (Å²) in [5.41, 5.74) is 0. The Balaban J connectivity index is 2.32. The molecule has 0 aromatic heterocycles. The van der Waals surface area contributed by atoms with Gasteiger partial charge in [-0.15, -0.1) is 0 Å². The van der Waals surface area contributed by atoms with Crippen LogP contribution in [0, 0.1) is 0 Å². The zero-order valence-electron chi connectivity index (χ0n) is 44.5. The first-order valence-corrected chi connectivity index (χ1v) is 29.8. The van der Waals surface area contributed by atoms with Crippen LogP contribution in [0.25, 0.3) is 0 Å². The Labute approximate surface area is 431 Å². The van der Waals surface area contributed by atoms with Crippen LogP contribution in [0.3, 0.4) is 0 Å². The molecule has 6 N–H and O–H groups in total. The van der Waals surface area contributed by atoms with Crippen molar-refractivity contribution in [1.29, 1.82) is 0 Å². The lowest BCUT2D eigenvalue weighted by Gasteiger charge is -2.41. The van der Waals surface area contributed by atoms with E-state index in [2.05, 4.69) is 86.8 Å². The summed E-state index contributed by atoms with van der Waals surface area (Å²) < 4.78 is 34.4. The Morgan fingerprint density at radius 2 is 0.831 bits per heavy atom. The number of hydrogen-bond donors (Lipinski definition) is 6. The van der Waals surface area contributed by atoms with E-state index < -0.39 is 63.1 Å². The summed E-state index contributed by atoms with van der Waals surface area (Å²) in [6, 6.07) is 0. The van der Waals surface area contributed by atoms with E-state index in [1.54, 1.807) is 0 Å². The van der Waals surface area contributed by atoms with E-state index in [-0.39, 0.29) is 13.0 Å². The summed E-state index contributed by atoms with van der Waals surface area (Å²) in [5.74, 6) is -0.483. The number of rotatable bonds is 48. The van der Waals surface area contributed by atoms with Gasteiger partial charge < -0.3 is 39.9 Å². The van der Waals surface area contributed by atoms with Gasteiger partial charge in [-0.2, -0.15) is 0 Å². The van der Waals surface area contributed by atoms with Crippen molar-refractivity contribution in [3.8, 4) is 0 Å². The molecule has 0 aliphatic heterocycles. The maximum absolute atomic E-state index is 12.9. The average molecular weight is 1020 g/mol. The minimum Gasteiger partial charge on any atom is -0.457 e. The van der Waals surface area contributed by atoms with Crippen LogP contribution in [-0.2, 0) is 27.9 Å². The smallest absolute Gasteiger partial charge is 0.457 e. The first-order valence-electron chi connectivity index (χ1n) is 28.3. The van der Waals surface area contributed by atoms with Crippen molar-refractivity contribution < 1.29 is 58.3 Å². The number of phosphoric ester groups is 1. The van der Waals surface area contributed by atoms with E-state index in [1.165, 1.54) is 103 Å². The molecule has 0 bridgehead atoms. The number of carbonyl (C=O) groups is 1. The predicted molar refractivity (Wildman–Crippen MR) is 290 cm³/mol. The molecule has 71 heavy (non-hydrogen) atoms. The van der Waals surface area contributed by atoms with E-state index in [1.807, 2.05) is 0 Å². The molecule has 0 aromatic rings. The molecule has 1 aliphatic carbocycles. The highest BCUT2D eigenvalue weighted by atomic mass is 31.2. The molecule has 0 spiro atoms. The number of aliphatic hydroxyl groups excluding tert-OH is 5. The topological polar surface area (TPSA) is 192 Å². The Hall–Kier alpha value is -2.22. The van der Waals surface area contributed by atoms with Crippen LogP contribution in [0.1, 0.15) is 226 Å². The Morgan fingerprint density at radius 3 is 1.27 bits per heavy atom. The van der Waals surface area contributed by atoms with Crippen LogP contribution in [-0.4, -0.2) is 98.9 Å². The van der Waals surface area contributed by atoms with Crippen molar-refractivity contribution in [2.45, 2.75) is 268 Å². The van der Waals surface area contributed by atoms with Crippen LogP contribution in [0.4, 0.5) is 0 Å². The third-order valence-electron chi connectivity index (χ3n) is 12.8. The van der Waals surface area contributed by atoms with E-state index in [4.69, 9.17) is 18.5 Å². The second kappa shape index (κ2) is 47.5. The van der Waals surface area contributed by atoms with Gasteiger partial charge >= 0.3 is 13.8 Å². The normalized spacial score (nSPS) is 21.3. The zero-order valence-corrected chi connectivity index (χ0v) is 45.4. The first kappa shape index (κ1) is 66.8. The number of aliphatic hydroxyl groups is 5. The molecular weight excluding hydrogens is 920 g/mol. The van der Waals surface area contributed by atoms with Gasteiger partial charge in [-0.1, -0.05) is 228 Å². The summed E-state index contributed by atoms with van der Waals surface area (Å²) in [5, 5.41) is 50.4. The minimum atomic E-state index is -5.03. The van der Waals surface area contributed by atoms with Crippen LogP contribution >= 0.6 is 7.82 Å². The monoisotopic (exact) mass is 1020 g/mol. The van der Waals surface area contributed by atoms with E-state index >= 15 is 0 Å². The third kappa shape index (κ3) is 38.9. The zero-order chi connectivity index (χ0) is 51.9. The number of allylic oxidation sites excluding steroid dienone is 12.